The summed E-state index contributed by atoms with van der Waals surface area (Å²) in [6, 6.07) is 7.31. The number of hydrogen-bond donors (Lipinski definition) is 1. The molecule has 1 N–H and O–H groups in total. The van der Waals surface area contributed by atoms with Crippen LogP contribution in [0.15, 0.2) is 18.2 Å². The molecule has 0 saturated carbocycles. The lowest BCUT2D eigenvalue weighted by Gasteiger charge is -2.28. The number of likely N-dealkylation sites (N-methyl/N-ethyl adjacent to an activating group) is 1. The lowest BCUT2D eigenvalue weighted by Crippen LogP contribution is -2.34. The molecule has 0 bridgehead atoms. The van der Waals surface area contributed by atoms with Crippen molar-refractivity contribution in [2.24, 2.45) is 0 Å². The Morgan fingerprint density at radius 2 is 1.95 bits per heavy atom. The van der Waals surface area contributed by atoms with Crippen LogP contribution < -0.4 is 10.1 Å². The van der Waals surface area contributed by atoms with E-state index in [2.05, 4.69) is 63.3 Å². The number of benzene rings is 1. The summed E-state index contributed by atoms with van der Waals surface area (Å²) < 4.78 is 5.53. The number of hydrogen-bond acceptors (Lipinski definition) is 3. The molecule has 0 amide bonds. The molecular weight excluding hydrogens is 236 g/mol. The highest BCUT2D eigenvalue weighted by molar-refractivity contribution is 5.39. The van der Waals surface area contributed by atoms with Gasteiger partial charge < -0.3 is 15.0 Å². The van der Waals surface area contributed by atoms with Crippen LogP contribution in [0.4, 0.5) is 0 Å². The zero-order valence-electron chi connectivity index (χ0n) is 13.2. The predicted octanol–water partition coefficient (Wildman–Crippen LogP) is 2.86. The normalized spacial score (nSPS) is 13.1. The molecule has 3 nitrogen and oxygen atoms in total. The summed E-state index contributed by atoms with van der Waals surface area (Å²) in [5, 5.41) is 3.52. The molecule has 0 aliphatic carbocycles. The van der Waals surface area contributed by atoms with Crippen LogP contribution in [0.2, 0.25) is 0 Å². The molecule has 0 fully saturated rings. The average molecular weight is 264 g/mol. The molecule has 3 heteroatoms. The van der Waals surface area contributed by atoms with Gasteiger partial charge in [-0.1, -0.05) is 32.9 Å². The fourth-order valence-corrected chi connectivity index (χ4v) is 2.18. The van der Waals surface area contributed by atoms with Crippen molar-refractivity contribution in [3.05, 3.63) is 29.3 Å². The zero-order valence-corrected chi connectivity index (χ0v) is 13.2. The minimum absolute atomic E-state index is 0.323. The number of nitrogens with zero attached hydrogens (tertiary/aromatic N) is 1. The first kappa shape index (κ1) is 16.0. The Kier molecular flexibility index (Phi) is 6.32. The second-order valence-electron chi connectivity index (χ2n) is 5.47. The third kappa shape index (κ3) is 4.51. The summed E-state index contributed by atoms with van der Waals surface area (Å²) in [6.07, 6.45) is 1.05. The second kappa shape index (κ2) is 7.51. The Morgan fingerprint density at radius 3 is 2.42 bits per heavy atom. The summed E-state index contributed by atoms with van der Waals surface area (Å²) in [4.78, 5) is 2.24. The van der Waals surface area contributed by atoms with Gasteiger partial charge in [0.2, 0.25) is 0 Å². The van der Waals surface area contributed by atoms with Crippen molar-refractivity contribution in [2.75, 3.05) is 27.7 Å². The first-order chi connectivity index (χ1) is 8.99. The van der Waals surface area contributed by atoms with E-state index in [1.165, 1.54) is 11.1 Å². The van der Waals surface area contributed by atoms with E-state index in [1.54, 1.807) is 7.11 Å². The van der Waals surface area contributed by atoms with E-state index < -0.39 is 0 Å². The lowest BCUT2D eigenvalue weighted by atomic mass is 10.0. The molecule has 19 heavy (non-hydrogen) atoms. The molecule has 0 aliphatic rings. The van der Waals surface area contributed by atoms with E-state index in [9.17, 15) is 0 Å². The minimum atomic E-state index is 0.323. The van der Waals surface area contributed by atoms with Gasteiger partial charge in [-0.15, -0.1) is 0 Å². The van der Waals surface area contributed by atoms with E-state index in [4.69, 9.17) is 4.74 Å². The van der Waals surface area contributed by atoms with Crippen LogP contribution in [0.1, 0.15) is 37.9 Å². The summed E-state index contributed by atoms with van der Waals surface area (Å²) in [5.41, 5.74) is 2.62. The van der Waals surface area contributed by atoms with Gasteiger partial charge in [-0.3, -0.25) is 0 Å². The van der Waals surface area contributed by atoms with Crippen molar-refractivity contribution in [2.45, 2.75) is 39.3 Å². The maximum atomic E-state index is 5.53. The van der Waals surface area contributed by atoms with Crippen molar-refractivity contribution in [3.8, 4) is 5.75 Å². The average Bonchev–Trinajstić information content (AvgIpc) is 2.38. The second-order valence-corrected chi connectivity index (χ2v) is 5.47. The van der Waals surface area contributed by atoms with E-state index >= 15 is 0 Å². The first-order valence-electron chi connectivity index (χ1n) is 7.06. The molecule has 0 aromatic heterocycles. The molecule has 0 heterocycles. The van der Waals surface area contributed by atoms with E-state index in [-0.39, 0.29) is 0 Å². The SMILES string of the molecule is CCc1ccc(OC)c(C(CNC(C)C)N(C)C)c1. The van der Waals surface area contributed by atoms with Crippen LogP contribution in [0.3, 0.4) is 0 Å². The van der Waals surface area contributed by atoms with Gasteiger partial charge in [0.15, 0.2) is 0 Å². The number of methoxy groups -OCH3 is 1. The molecular formula is C16H28N2O. The monoisotopic (exact) mass is 264 g/mol. The Labute approximate surface area is 118 Å². The van der Waals surface area contributed by atoms with Gasteiger partial charge in [-0.25, -0.2) is 0 Å². The number of rotatable bonds is 7. The highest BCUT2D eigenvalue weighted by Gasteiger charge is 2.19. The van der Waals surface area contributed by atoms with Gasteiger partial charge in [-0.05, 0) is 32.1 Å². The van der Waals surface area contributed by atoms with Gasteiger partial charge in [-0.2, -0.15) is 0 Å². The van der Waals surface area contributed by atoms with Crippen LogP contribution >= 0.6 is 0 Å². The molecule has 0 aliphatic heterocycles. The van der Waals surface area contributed by atoms with Gasteiger partial charge >= 0.3 is 0 Å². The van der Waals surface area contributed by atoms with E-state index in [1.807, 2.05) is 0 Å². The van der Waals surface area contributed by atoms with Crippen molar-refractivity contribution in [1.82, 2.24) is 10.2 Å². The predicted molar refractivity (Wildman–Crippen MR) is 81.9 cm³/mol. The van der Waals surface area contributed by atoms with E-state index in [0.717, 1.165) is 18.7 Å². The third-order valence-electron chi connectivity index (χ3n) is 3.40. The third-order valence-corrected chi connectivity index (χ3v) is 3.40. The van der Waals surface area contributed by atoms with Gasteiger partial charge in [0.05, 0.1) is 13.2 Å². The molecule has 1 unspecified atom stereocenters. The van der Waals surface area contributed by atoms with Crippen LogP contribution in [0.5, 0.6) is 5.75 Å². The minimum Gasteiger partial charge on any atom is -0.496 e. The topological polar surface area (TPSA) is 24.5 Å². The fraction of sp³-hybridized carbons (Fsp3) is 0.625. The quantitative estimate of drug-likeness (QED) is 0.819. The Balaban J connectivity index is 3.05. The molecule has 0 radical (unpaired) electrons. The first-order valence-corrected chi connectivity index (χ1v) is 7.06. The fourth-order valence-electron chi connectivity index (χ4n) is 2.18. The summed E-state index contributed by atoms with van der Waals surface area (Å²) in [7, 11) is 5.97. The summed E-state index contributed by atoms with van der Waals surface area (Å²) >= 11 is 0. The molecule has 1 atom stereocenters. The van der Waals surface area contributed by atoms with Gasteiger partial charge in [0.25, 0.3) is 0 Å². The number of nitrogens with one attached hydrogen (secondary N) is 1. The smallest absolute Gasteiger partial charge is 0.123 e. The Morgan fingerprint density at radius 1 is 1.26 bits per heavy atom. The molecule has 1 rings (SSSR count). The van der Waals surface area contributed by atoms with Gasteiger partial charge in [0.1, 0.15) is 5.75 Å². The van der Waals surface area contributed by atoms with Crippen LogP contribution in [0.25, 0.3) is 0 Å². The molecule has 1 aromatic rings. The Bertz CT molecular complexity index is 388. The van der Waals surface area contributed by atoms with Crippen LogP contribution in [-0.2, 0) is 6.42 Å². The van der Waals surface area contributed by atoms with E-state index in [0.29, 0.717) is 12.1 Å². The van der Waals surface area contributed by atoms with Crippen molar-refractivity contribution in [3.63, 3.8) is 0 Å². The Hall–Kier alpha value is -1.06. The van der Waals surface area contributed by atoms with Crippen molar-refractivity contribution < 1.29 is 4.74 Å². The largest absolute Gasteiger partial charge is 0.496 e. The molecule has 1 aromatic carbocycles. The lowest BCUT2D eigenvalue weighted by molar-refractivity contribution is 0.274. The molecule has 0 saturated heterocycles. The highest BCUT2D eigenvalue weighted by Crippen LogP contribution is 2.29. The zero-order chi connectivity index (χ0) is 14.4. The number of aryl methyl sites for hydroxylation is 1. The highest BCUT2D eigenvalue weighted by atomic mass is 16.5. The van der Waals surface area contributed by atoms with Crippen LogP contribution in [0, 0.1) is 0 Å². The summed E-state index contributed by atoms with van der Waals surface area (Å²) in [5.74, 6) is 0.974. The number of ether oxygens (including phenoxy) is 1. The van der Waals surface area contributed by atoms with Crippen molar-refractivity contribution >= 4 is 0 Å². The molecule has 0 spiro atoms. The van der Waals surface area contributed by atoms with Crippen molar-refractivity contribution in [1.29, 1.82) is 0 Å². The standard InChI is InChI=1S/C16H28N2O/c1-7-13-8-9-16(19-6)14(10-13)15(18(4)5)11-17-12(2)3/h8-10,12,15,17H,7,11H2,1-6H3. The van der Waals surface area contributed by atoms with Crippen LogP contribution in [-0.4, -0.2) is 38.7 Å². The maximum Gasteiger partial charge on any atom is 0.123 e. The maximum absolute atomic E-state index is 5.53. The molecule has 108 valence electrons. The summed E-state index contributed by atoms with van der Waals surface area (Å²) in [6.45, 7) is 7.45. The van der Waals surface area contributed by atoms with Gasteiger partial charge in [0, 0.05) is 18.2 Å².